The molecular weight excluding hydrogens is 514 g/mol. The molecule has 0 saturated carbocycles. The fourth-order valence-electron chi connectivity index (χ4n) is 5.60. The van der Waals surface area contributed by atoms with Crippen molar-refractivity contribution in [3.8, 4) is 28.4 Å². The number of para-hydroxylation sites is 1. The third-order valence-corrected chi connectivity index (χ3v) is 7.56. The lowest BCUT2D eigenvalue weighted by Gasteiger charge is -2.20. The molecule has 1 saturated heterocycles. The average Bonchev–Trinajstić information content (AvgIpc) is 3.45. The molecule has 40 heavy (non-hydrogen) atoms. The molecule has 2 N–H and O–H groups in total. The van der Waals surface area contributed by atoms with Gasteiger partial charge in [-0.3, -0.25) is 9.59 Å². The van der Waals surface area contributed by atoms with Crippen molar-refractivity contribution in [1.82, 2.24) is 4.57 Å². The second-order valence-electron chi connectivity index (χ2n) is 9.95. The van der Waals surface area contributed by atoms with Crippen molar-refractivity contribution in [1.29, 1.82) is 0 Å². The Morgan fingerprint density at radius 1 is 0.975 bits per heavy atom. The number of nitrogens with zero attached hydrogens (tertiary/aromatic N) is 1. The van der Waals surface area contributed by atoms with Crippen LogP contribution in [0.3, 0.4) is 0 Å². The molecule has 6 rings (SSSR count). The maximum absolute atomic E-state index is 13.6. The summed E-state index contributed by atoms with van der Waals surface area (Å²) in [5.41, 5.74) is 1.39. The molecule has 0 spiro atoms. The number of ether oxygens (including phenoxy) is 3. The molecule has 0 aliphatic carbocycles. The van der Waals surface area contributed by atoms with Gasteiger partial charge >= 0.3 is 0 Å². The van der Waals surface area contributed by atoms with Gasteiger partial charge in [-0.2, -0.15) is 0 Å². The Kier molecular flexibility index (Phi) is 6.48. The lowest BCUT2D eigenvalue weighted by molar-refractivity contribution is -0.0399. The van der Waals surface area contributed by atoms with Crippen LogP contribution in [0.15, 0.2) is 56.5 Å². The number of rotatable bonds is 6. The Bertz CT molecular complexity index is 1910. The van der Waals surface area contributed by atoms with E-state index >= 15 is 0 Å². The summed E-state index contributed by atoms with van der Waals surface area (Å²) in [6.07, 6.45) is 1.11. The summed E-state index contributed by atoms with van der Waals surface area (Å²) >= 11 is 0. The fraction of sp³-hybridized carbons (Fsp3) is 0.290. The van der Waals surface area contributed by atoms with Gasteiger partial charge in [-0.1, -0.05) is 25.5 Å². The first-order chi connectivity index (χ1) is 19.3. The highest BCUT2D eigenvalue weighted by Gasteiger charge is 2.28. The average molecular weight is 544 g/mol. The molecule has 0 radical (unpaired) electrons. The Labute approximate surface area is 228 Å². The van der Waals surface area contributed by atoms with E-state index in [0.29, 0.717) is 47.3 Å². The van der Waals surface area contributed by atoms with Crippen molar-refractivity contribution < 1.29 is 28.8 Å². The first-order valence-electron chi connectivity index (χ1n) is 13.2. The van der Waals surface area contributed by atoms with Crippen LogP contribution < -0.4 is 15.7 Å². The van der Waals surface area contributed by atoms with E-state index in [4.69, 9.17) is 18.6 Å². The lowest BCUT2D eigenvalue weighted by Crippen LogP contribution is -2.21. The van der Waals surface area contributed by atoms with Crippen LogP contribution in [0.25, 0.3) is 43.8 Å². The molecule has 0 unspecified atom stereocenters. The second kappa shape index (κ2) is 10.0. The first kappa shape index (κ1) is 25.9. The summed E-state index contributed by atoms with van der Waals surface area (Å²) in [5.74, 6) is -0.350. The summed E-state index contributed by atoms with van der Waals surface area (Å²) in [6.45, 7) is 2.86. The minimum absolute atomic E-state index is 0.0321. The van der Waals surface area contributed by atoms with E-state index in [1.807, 2.05) is 13.0 Å². The molecule has 1 fully saturated rings. The number of phenols is 2. The molecule has 5 aromatic rings. The summed E-state index contributed by atoms with van der Waals surface area (Å²) in [6, 6.07) is 11.9. The van der Waals surface area contributed by atoms with Crippen LogP contribution in [-0.4, -0.2) is 41.4 Å². The number of benzene rings is 3. The predicted molar refractivity (Wildman–Crippen MR) is 151 cm³/mol. The highest BCUT2D eigenvalue weighted by molar-refractivity contribution is 6.04. The summed E-state index contributed by atoms with van der Waals surface area (Å²) < 4.78 is 24.6. The molecule has 1 aliphatic heterocycles. The minimum atomic E-state index is -0.600. The van der Waals surface area contributed by atoms with Crippen molar-refractivity contribution in [2.45, 2.75) is 32.5 Å². The van der Waals surface area contributed by atoms with Crippen LogP contribution in [0.5, 0.6) is 17.2 Å². The number of pyridine rings is 1. The number of aryl methyl sites for hydroxylation is 1. The number of hydrogen-bond donors (Lipinski definition) is 2. The molecule has 3 aromatic carbocycles. The SMILES string of the molecule is CCCc1cc2c(OC)cc(-c3c(CC4OCCO4)cc4oc5ccccc5c(=O)c4c3O)c(O)c2c(=O)n1C. The Hall–Kier alpha value is -4.34. The van der Waals surface area contributed by atoms with Crippen LogP contribution in [0.1, 0.15) is 24.6 Å². The van der Waals surface area contributed by atoms with Crippen molar-refractivity contribution in [3.63, 3.8) is 0 Å². The summed E-state index contributed by atoms with van der Waals surface area (Å²) in [7, 11) is 3.14. The van der Waals surface area contributed by atoms with Gasteiger partial charge < -0.3 is 33.4 Å². The zero-order valence-electron chi connectivity index (χ0n) is 22.4. The largest absolute Gasteiger partial charge is 0.506 e. The predicted octanol–water partition coefficient (Wildman–Crippen LogP) is 4.75. The Morgan fingerprint density at radius 2 is 1.73 bits per heavy atom. The molecule has 3 heterocycles. The van der Waals surface area contributed by atoms with Gasteiger partial charge in [0.05, 0.1) is 31.1 Å². The van der Waals surface area contributed by atoms with Crippen LogP contribution >= 0.6 is 0 Å². The molecule has 9 nitrogen and oxygen atoms in total. The molecular formula is C31H29NO8. The number of phenolic OH excluding ortho intramolecular Hbond substituents is 2. The standard InChI is InChI=1S/C31H29NO8/c1-4-7-17-14-19-22(37-3)15-20(29(34)26(19)31(36)32(17)2)25-16(13-24-38-10-11-39-24)12-23-27(30(25)35)28(33)18-8-5-6-9-21(18)40-23/h5-6,8-9,12,14-15,24,34-35H,4,7,10-11,13H2,1-3H3. The highest BCUT2D eigenvalue weighted by Crippen LogP contribution is 2.47. The van der Waals surface area contributed by atoms with Crippen LogP contribution in [-0.2, 0) is 29.4 Å². The zero-order chi connectivity index (χ0) is 28.1. The molecule has 0 bridgehead atoms. The van der Waals surface area contributed by atoms with Crippen LogP contribution in [0.2, 0.25) is 0 Å². The number of fused-ring (bicyclic) bond motifs is 3. The fourth-order valence-corrected chi connectivity index (χ4v) is 5.60. The number of methoxy groups -OCH3 is 1. The summed E-state index contributed by atoms with van der Waals surface area (Å²) in [5, 5.41) is 24.1. The minimum Gasteiger partial charge on any atom is -0.506 e. The number of aromatic hydroxyl groups is 2. The number of hydrogen-bond acceptors (Lipinski definition) is 8. The first-order valence-corrected chi connectivity index (χ1v) is 13.2. The molecule has 9 heteroatoms. The van der Waals surface area contributed by atoms with Crippen molar-refractivity contribution in [2.24, 2.45) is 7.05 Å². The molecule has 0 amide bonds. The van der Waals surface area contributed by atoms with E-state index in [-0.39, 0.29) is 45.4 Å². The third kappa shape index (κ3) is 4.01. The lowest BCUT2D eigenvalue weighted by atomic mass is 9.91. The van der Waals surface area contributed by atoms with E-state index in [9.17, 15) is 19.8 Å². The maximum atomic E-state index is 13.6. The number of aromatic nitrogens is 1. The summed E-state index contributed by atoms with van der Waals surface area (Å²) in [4.78, 5) is 27.1. The molecule has 1 aliphatic rings. The van der Waals surface area contributed by atoms with E-state index in [2.05, 4.69) is 0 Å². The maximum Gasteiger partial charge on any atom is 0.262 e. The van der Waals surface area contributed by atoms with Gasteiger partial charge in [0.2, 0.25) is 5.43 Å². The van der Waals surface area contributed by atoms with E-state index in [1.54, 1.807) is 43.4 Å². The van der Waals surface area contributed by atoms with Gasteiger partial charge in [-0.05, 0) is 42.3 Å². The quantitative estimate of drug-likeness (QED) is 0.294. The van der Waals surface area contributed by atoms with Gasteiger partial charge in [0.25, 0.3) is 5.56 Å². The van der Waals surface area contributed by atoms with Crippen LogP contribution in [0.4, 0.5) is 0 Å². The van der Waals surface area contributed by atoms with Crippen molar-refractivity contribution in [2.75, 3.05) is 20.3 Å². The van der Waals surface area contributed by atoms with E-state index < -0.39 is 17.3 Å². The van der Waals surface area contributed by atoms with E-state index in [1.165, 1.54) is 11.7 Å². The molecule has 0 atom stereocenters. The topological polar surface area (TPSA) is 120 Å². The Morgan fingerprint density at radius 3 is 2.45 bits per heavy atom. The van der Waals surface area contributed by atoms with Crippen molar-refractivity contribution >= 4 is 32.7 Å². The van der Waals surface area contributed by atoms with Crippen molar-refractivity contribution in [3.05, 3.63) is 74.3 Å². The van der Waals surface area contributed by atoms with Gasteiger partial charge in [0.1, 0.15) is 33.8 Å². The molecule has 2 aromatic heterocycles. The zero-order valence-corrected chi connectivity index (χ0v) is 22.4. The van der Waals surface area contributed by atoms with Crippen LogP contribution in [0, 0.1) is 0 Å². The normalized spacial score (nSPS) is 14.1. The second-order valence-corrected chi connectivity index (χ2v) is 9.95. The van der Waals surface area contributed by atoms with E-state index in [0.717, 1.165) is 12.1 Å². The van der Waals surface area contributed by atoms with Gasteiger partial charge in [-0.25, -0.2) is 0 Å². The molecule has 206 valence electrons. The van der Waals surface area contributed by atoms with Gasteiger partial charge in [0, 0.05) is 35.7 Å². The monoisotopic (exact) mass is 543 g/mol. The Balaban J connectivity index is 1.72. The smallest absolute Gasteiger partial charge is 0.262 e. The third-order valence-electron chi connectivity index (χ3n) is 7.56. The van der Waals surface area contributed by atoms with Gasteiger partial charge in [0.15, 0.2) is 6.29 Å². The highest BCUT2D eigenvalue weighted by atomic mass is 16.7. The van der Waals surface area contributed by atoms with Gasteiger partial charge in [-0.15, -0.1) is 0 Å².